The Morgan fingerprint density at radius 3 is 2.71 bits per heavy atom. The SMILES string of the molecule is CC(N)CCNC(=O)c1ccccc1OCc1cccc(Br)c1.Cl. The second kappa shape index (κ2) is 10.3. The third-order valence-electron chi connectivity index (χ3n) is 3.30. The third-order valence-corrected chi connectivity index (χ3v) is 3.79. The fourth-order valence-electron chi connectivity index (χ4n) is 2.08. The molecule has 1 atom stereocenters. The number of hydrogen-bond acceptors (Lipinski definition) is 3. The van der Waals surface area contributed by atoms with Crippen LogP contribution < -0.4 is 15.8 Å². The first-order valence-electron chi connectivity index (χ1n) is 7.56. The first-order chi connectivity index (χ1) is 11.1. The van der Waals surface area contributed by atoms with Crippen molar-refractivity contribution in [1.82, 2.24) is 5.32 Å². The number of para-hydroxylation sites is 1. The summed E-state index contributed by atoms with van der Waals surface area (Å²) in [4.78, 5) is 12.3. The minimum Gasteiger partial charge on any atom is -0.488 e. The lowest BCUT2D eigenvalue weighted by atomic mass is 10.1. The Balaban J connectivity index is 0.00000288. The van der Waals surface area contributed by atoms with E-state index in [1.54, 1.807) is 12.1 Å². The van der Waals surface area contributed by atoms with Crippen LogP contribution in [0.1, 0.15) is 29.3 Å². The fraction of sp³-hybridized carbons (Fsp3) is 0.278. The second-order valence-corrected chi connectivity index (χ2v) is 6.35. The highest BCUT2D eigenvalue weighted by Crippen LogP contribution is 2.20. The lowest BCUT2D eigenvalue weighted by molar-refractivity contribution is 0.0948. The highest BCUT2D eigenvalue weighted by atomic mass is 79.9. The lowest BCUT2D eigenvalue weighted by Crippen LogP contribution is -2.29. The van der Waals surface area contributed by atoms with Crippen molar-refractivity contribution in [3.05, 3.63) is 64.1 Å². The van der Waals surface area contributed by atoms with Gasteiger partial charge in [0, 0.05) is 17.1 Å². The van der Waals surface area contributed by atoms with Crippen molar-refractivity contribution >= 4 is 34.2 Å². The minimum absolute atomic E-state index is 0. The normalized spacial score (nSPS) is 11.3. The molecule has 0 radical (unpaired) electrons. The van der Waals surface area contributed by atoms with Gasteiger partial charge in [0.2, 0.25) is 0 Å². The molecule has 1 unspecified atom stereocenters. The molecule has 0 aliphatic heterocycles. The van der Waals surface area contributed by atoms with Gasteiger partial charge in [0.15, 0.2) is 0 Å². The minimum atomic E-state index is -0.143. The average molecular weight is 414 g/mol. The van der Waals surface area contributed by atoms with Crippen molar-refractivity contribution in [2.75, 3.05) is 6.54 Å². The van der Waals surface area contributed by atoms with E-state index in [0.717, 1.165) is 16.5 Å². The molecule has 0 saturated heterocycles. The average Bonchev–Trinajstić information content (AvgIpc) is 2.53. The standard InChI is InChI=1S/C18H21BrN2O2.ClH/c1-13(20)9-10-21-18(22)16-7-2-3-8-17(16)23-12-14-5-4-6-15(19)11-14;/h2-8,11,13H,9-10,12,20H2,1H3,(H,21,22);1H. The van der Waals surface area contributed by atoms with Crippen LogP contribution in [0.25, 0.3) is 0 Å². The van der Waals surface area contributed by atoms with Gasteiger partial charge < -0.3 is 15.8 Å². The van der Waals surface area contributed by atoms with Crippen LogP contribution in [0, 0.1) is 0 Å². The molecule has 1 amide bonds. The van der Waals surface area contributed by atoms with Crippen LogP contribution in [0.2, 0.25) is 0 Å². The number of nitrogens with two attached hydrogens (primary N) is 1. The zero-order valence-electron chi connectivity index (χ0n) is 13.5. The van der Waals surface area contributed by atoms with E-state index in [1.165, 1.54) is 0 Å². The molecule has 0 aromatic heterocycles. The Morgan fingerprint density at radius 2 is 2.00 bits per heavy atom. The molecule has 2 aromatic rings. The molecule has 130 valence electrons. The maximum absolute atomic E-state index is 12.3. The Bertz CT molecular complexity index is 665. The Kier molecular flexibility index (Phi) is 8.82. The topological polar surface area (TPSA) is 64.3 Å². The number of hydrogen-bond donors (Lipinski definition) is 2. The number of amides is 1. The molecule has 2 rings (SSSR count). The summed E-state index contributed by atoms with van der Waals surface area (Å²) in [6.07, 6.45) is 0.743. The summed E-state index contributed by atoms with van der Waals surface area (Å²) in [6.45, 7) is 2.88. The van der Waals surface area contributed by atoms with Crippen LogP contribution in [0.5, 0.6) is 5.75 Å². The van der Waals surface area contributed by atoms with Gasteiger partial charge in [-0.25, -0.2) is 0 Å². The van der Waals surface area contributed by atoms with Crippen LogP contribution in [0.3, 0.4) is 0 Å². The number of benzene rings is 2. The number of halogens is 2. The predicted octanol–water partition coefficient (Wildman–Crippen LogP) is 3.92. The summed E-state index contributed by atoms with van der Waals surface area (Å²) < 4.78 is 6.82. The summed E-state index contributed by atoms with van der Waals surface area (Å²) in [6, 6.07) is 15.2. The van der Waals surface area contributed by atoms with Crippen LogP contribution in [-0.2, 0) is 6.61 Å². The van der Waals surface area contributed by atoms with Crippen LogP contribution in [0.15, 0.2) is 53.0 Å². The summed E-state index contributed by atoms with van der Waals surface area (Å²) in [5.74, 6) is 0.432. The molecule has 0 aliphatic carbocycles. The van der Waals surface area contributed by atoms with Crippen molar-refractivity contribution in [2.45, 2.75) is 26.0 Å². The van der Waals surface area contributed by atoms with E-state index < -0.39 is 0 Å². The van der Waals surface area contributed by atoms with Gasteiger partial charge in [-0.2, -0.15) is 0 Å². The maximum atomic E-state index is 12.3. The number of rotatable bonds is 7. The number of nitrogens with one attached hydrogen (secondary N) is 1. The molecule has 0 saturated carbocycles. The van der Waals surface area contributed by atoms with Gasteiger partial charge in [0.1, 0.15) is 12.4 Å². The van der Waals surface area contributed by atoms with Gasteiger partial charge in [-0.3, -0.25) is 4.79 Å². The molecular formula is C18H22BrClN2O2. The molecule has 0 fully saturated rings. The number of carbonyl (C=O) groups excluding carboxylic acids is 1. The molecule has 0 spiro atoms. The molecule has 0 heterocycles. The third kappa shape index (κ3) is 6.51. The first kappa shape index (κ1) is 20.5. The van der Waals surface area contributed by atoms with E-state index in [0.29, 0.717) is 24.5 Å². The van der Waals surface area contributed by atoms with Crippen molar-refractivity contribution in [1.29, 1.82) is 0 Å². The predicted molar refractivity (Wildman–Crippen MR) is 103 cm³/mol. The van der Waals surface area contributed by atoms with Gasteiger partial charge in [-0.05, 0) is 43.2 Å². The van der Waals surface area contributed by atoms with Crippen LogP contribution in [0.4, 0.5) is 0 Å². The van der Waals surface area contributed by atoms with Gasteiger partial charge in [0.25, 0.3) is 5.91 Å². The zero-order valence-corrected chi connectivity index (χ0v) is 15.9. The first-order valence-corrected chi connectivity index (χ1v) is 8.35. The lowest BCUT2D eigenvalue weighted by Gasteiger charge is -2.12. The Morgan fingerprint density at radius 1 is 1.25 bits per heavy atom. The molecule has 4 nitrogen and oxygen atoms in total. The zero-order chi connectivity index (χ0) is 16.7. The maximum Gasteiger partial charge on any atom is 0.255 e. The van der Waals surface area contributed by atoms with Crippen molar-refractivity contribution in [3.8, 4) is 5.75 Å². The molecule has 6 heteroatoms. The smallest absolute Gasteiger partial charge is 0.255 e. The monoisotopic (exact) mass is 412 g/mol. The van der Waals surface area contributed by atoms with E-state index >= 15 is 0 Å². The Hall–Kier alpha value is -1.56. The number of carbonyl (C=O) groups is 1. The summed E-state index contributed by atoms with van der Waals surface area (Å²) in [7, 11) is 0. The van der Waals surface area contributed by atoms with E-state index in [1.807, 2.05) is 43.3 Å². The summed E-state index contributed by atoms with van der Waals surface area (Å²) in [5, 5.41) is 2.87. The van der Waals surface area contributed by atoms with Crippen LogP contribution >= 0.6 is 28.3 Å². The van der Waals surface area contributed by atoms with Crippen molar-refractivity contribution < 1.29 is 9.53 Å². The van der Waals surface area contributed by atoms with E-state index in [4.69, 9.17) is 10.5 Å². The van der Waals surface area contributed by atoms with Gasteiger partial charge in [0.05, 0.1) is 5.56 Å². The second-order valence-electron chi connectivity index (χ2n) is 5.44. The highest BCUT2D eigenvalue weighted by molar-refractivity contribution is 9.10. The molecule has 2 aromatic carbocycles. The molecule has 3 N–H and O–H groups in total. The summed E-state index contributed by atoms with van der Waals surface area (Å²) >= 11 is 3.44. The van der Waals surface area contributed by atoms with Gasteiger partial charge >= 0.3 is 0 Å². The largest absolute Gasteiger partial charge is 0.488 e. The molecule has 0 aliphatic rings. The van der Waals surface area contributed by atoms with E-state index in [-0.39, 0.29) is 24.4 Å². The highest BCUT2D eigenvalue weighted by Gasteiger charge is 2.12. The molecule has 24 heavy (non-hydrogen) atoms. The molecule has 0 bridgehead atoms. The van der Waals surface area contributed by atoms with Gasteiger partial charge in [-0.15, -0.1) is 12.4 Å². The fourth-order valence-corrected chi connectivity index (χ4v) is 2.52. The van der Waals surface area contributed by atoms with Crippen molar-refractivity contribution in [2.24, 2.45) is 5.73 Å². The quantitative estimate of drug-likeness (QED) is 0.723. The van der Waals surface area contributed by atoms with E-state index in [2.05, 4.69) is 21.2 Å². The summed E-state index contributed by atoms with van der Waals surface area (Å²) in [5.41, 5.74) is 7.26. The van der Waals surface area contributed by atoms with Crippen LogP contribution in [-0.4, -0.2) is 18.5 Å². The number of ether oxygens (including phenoxy) is 1. The van der Waals surface area contributed by atoms with Crippen molar-refractivity contribution in [3.63, 3.8) is 0 Å². The van der Waals surface area contributed by atoms with Gasteiger partial charge in [-0.1, -0.05) is 40.2 Å². The van der Waals surface area contributed by atoms with E-state index in [9.17, 15) is 4.79 Å². The Labute approximate surface area is 157 Å². The molecular weight excluding hydrogens is 392 g/mol.